The Morgan fingerprint density at radius 3 is 2.92 bits per heavy atom. The van der Waals surface area contributed by atoms with Gasteiger partial charge in [0.05, 0.1) is 29.7 Å². The summed E-state index contributed by atoms with van der Waals surface area (Å²) in [5.74, 6) is 0.523. The first-order valence-corrected chi connectivity index (χ1v) is 9.75. The number of hydrogen-bond donors (Lipinski definition) is 1. The molecule has 0 amide bonds. The van der Waals surface area contributed by atoms with E-state index in [9.17, 15) is 9.90 Å². The Hall–Kier alpha value is -2.10. The topological polar surface area (TPSA) is 88.5 Å². The monoisotopic (exact) mass is 372 g/mol. The van der Waals surface area contributed by atoms with Crippen LogP contribution in [0.4, 0.5) is 0 Å². The van der Waals surface area contributed by atoms with Gasteiger partial charge in [-0.3, -0.25) is 14.4 Å². The summed E-state index contributed by atoms with van der Waals surface area (Å²) in [6.45, 7) is 4.69. The van der Waals surface area contributed by atoms with E-state index in [1.807, 2.05) is 10.7 Å². The summed E-state index contributed by atoms with van der Waals surface area (Å²) in [6, 6.07) is 3.55. The van der Waals surface area contributed by atoms with Crippen molar-refractivity contribution in [2.75, 3.05) is 6.54 Å². The molecule has 1 aliphatic carbocycles. The van der Waals surface area contributed by atoms with Gasteiger partial charge in [-0.05, 0) is 25.8 Å². The van der Waals surface area contributed by atoms with Gasteiger partial charge in [0, 0.05) is 31.6 Å². The lowest BCUT2D eigenvalue weighted by Crippen LogP contribution is -2.34. The molecule has 1 saturated carbocycles. The lowest BCUT2D eigenvalue weighted by molar-refractivity contribution is 0.189. The van der Waals surface area contributed by atoms with Gasteiger partial charge in [0.2, 0.25) is 4.96 Å². The van der Waals surface area contributed by atoms with Crippen LogP contribution in [0.1, 0.15) is 53.9 Å². The predicted octanol–water partition coefficient (Wildman–Crippen LogP) is 1.29. The predicted molar refractivity (Wildman–Crippen MR) is 96.1 cm³/mol. The second kappa shape index (κ2) is 5.97. The van der Waals surface area contributed by atoms with Gasteiger partial charge in [-0.2, -0.15) is 14.7 Å². The van der Waals surface area contributed by atoms with Gasteiger partial charge >= 0.3 is 0 Å². The third-order valence-corrected chi connectivity index (χ3v) is 6.02. The molecule has 3 aromatic rings. The normalized spacial score (nSPS) is 19.0. The second-order valence-electron chi connectivity index (χ2n) is 7.16. The number of rotatable bonds is 4. The molecule has 2 aliphatic rings. The smallest absolute Gasteiger partial charge is 0.275 e. The van der Waals surface area contributed by atoms with Crippen LogP contribution in [-0.4, -0.2) is 40.9 Å². The molecule has 0 aromatic carbocycles. The highest BCUT2D eigenvalue weighted by Crippen LogP contribution is 2.41. The maximum atomic E-state index is 12.4. The van der Waals surface area contributed by atoms with E-state index in [0.29, 0.717) is 23.1 Å². The largest absolute Gasteiger partial charge is 0.387 e. The molecule has 136 valence electrons. The molecule has 0 radical (unpaired) electrons. The minimum absolute atomic E-state index is 0.105. The minimum atomic E-state index is -0.558. The van der Waals surface area contributed by atoms with Crippen LogP contribution in [0.2, 0.25) is 0 Å². The van der Waals surface area contributed by atoms with Crippen molar-refractivity contribution in [1.29, 1.82) is 0 Å². The first-order valence-electron chi connectivity index (χ1n) is 8.93. The number of nitrogens with zero attached hydrogens (tertiary/aromatic N) is 6. The number of fused-ring (bicyclic) bond motifs is 2. The maximum Gasteiger partial charge on any atom is 0.275 e. The zero-order chi connectivity index (χ0) is 17.8. The van der Waals surface area contributed by atoms with E-state index >= 15 is 0 Å². The van der Waals surface area contributed by atoms with E-state index in [0.717, 1.165) is 48.9 Å². The average molecular weight is 372 g/mol. The van der Waals surface area contributed by atoms with Crippen LogP contribution in [0, 0.1) is 0 Å². The molecule has 8 nitrogen and oxygen atoms in total. The molecular weight excluding hydrogens is 352 g/mol. The Kier molecular flexibility index (Phi) is 3.70. The Morgan fingerprint density at radius 2 is 2.15 bits per heavy atom. The molecule has 1 aliphatic heterocycles. The summed E-state index contributed by atoms with van der Waals surface area (Å²) in [7, 11) is 0. The molecule has 0 bridgehead atoms. The van der Waals surface area contributed by atoms with Crippen LogP contribution in [0.3, 0.4) is 0 Å². The zero-order valence-electron chi connectivity index (χ0n) is 14.5. The van der Waals surface area contributed by atoms with Crippen molar-refractivity contribution in [2.24, 2.45) is 0 Å². The quantitative estimate of drug-likeness (QED) is 0.743. The summed E-state index contributed by atoms with van der Waals surface area (Å²) in [5, 5.41) is 19.6. The highest BCUT2D eigenvalue weighted by atomic mass is 32.1. The molecule has 1 fully saturated rings. The molecule has 1 unspecified atom stereocenters. The van der Waals surface area contributed by atoms with Gasteiger partial charge < -0.3 is 5.11 Å². The van der Waals surface area contributed by atoms with E-state index in [1.54, 1.807) is 13.0 Å². The summed E-state index contributed by atoms with van der Waals surface area (Å²) in [6.07, 6.45) is 1.77. The van der Waals surface area contributed by atoms with E-state index in [4.69, 9.17) is 0 Å². The van der Waals surface area contributed by atoms with E-state index in [1.165, 1.54) is 15.9 Å². The number of aliphatic hydroxyl groups excluding tert-OH is 1. The Bertz CT molecular complexity index is 1030. The highest BCUT2D eigenvalue weighted by molar-refractivity contribution is 7.16. The van der Waals surface area contributed by atoms with Crippen LogP contribution >= 0.6 is 11.3 Å². The Labute approximate surface area is 153 Å². The molecule has 0 spiro atoms. The van der Waals surface area contributed by atoms with Crippen LogP contribution < -0.4 is 5.56 Å². The van der Waals surface area contributed by atoms with Gasteiger partial charge in [-0.25, -0.2) is 4.98 Å². The average Bonchev–Trinajstić information content (AvgIpc) is 3.21. The fraction of sp³-hybridized carbons (Fsp3) is 0.529. The first kappa shape index (κ1) is 16.1. The van der Waals surface area contributed by atoms with E-state index in [-0.39, 0.29) is 5.56 Å². The van der Waals surface area contributed by atoms with Crippen molar-refractivity contribution >= 4 is 16.3 Å². The number of aliphatic hydroxyl groups is 1. The van der Waals surface area contributed by atoms with Crippen molar-refractivity contribution in [2.45, 2.75) is 51.4 Å². The van der Waals surface area contributed by atoms with Gasteiger partial charge in [0.15, 0.2) is 0 Å². The van der Waals surface area contributed by atoms with E-state index < -0.39 is 6.10 Å². The maximum absolute atomic E-state index is 12.4. The minimum Gasteiger partial charge on any atom is -0.387 e. The summed E-state index contributed by atoms with van der Waals surface area (Å²) in [5.41, 5.74) is 2.46. The highest BCUT2D eigenvalue weighted by Gasteiger charge is 2.28. The molecule has 1 atom stereocenters. The summed E-state index contributed by atoms with van der Waals surface area (Å²) in [4.78, 5) is 20.0. The first-order chi connectivity index (χ1) is 12.6. The van der Waals surface area contributed by atoms with Gasteiger partial charge in [0.25, 0.3) is 5.56 Å². The Balaban J connectivity index is 1.38. The number of hydrogen-bond acceptors (Lipinski definition) is 7. The molecule has 3 aromatic heterocycles. The van der Waals surface area contributed by atoms with Crippen molar-refractivity contribution in [1.82, 2.24) is 29.3 Å². The number of aromatic nitrogens is 5. The molecular formula is C17H20N6O2S. The van der Waals surface area contributed by atoms with Crippen molar-refractivity contribution < 1.29 is 5.11 Å². The fourth-order valence-corrected chi connectivity index (χ4v) is 4.45. The zero-order valence-corrected chi connectivity index (χ0v) is 15.3. The molecule has 9 heteroatoms. The van der Waals surface area contributed by atoms with Crippen molar-refractivity contribution in [3.63, 3.8) is 0 Å². The standard InChI is InChI=1S/C17H20N6O2S/c1-10(24)14-7-13-9-21(4-5-22(13)19-14)8-12-6-15(25)23-17(18-12)26-16(20-23)11-2-3-11/h6-7,10-11,24H,2-5,8-9H2,1H3. The van der Waals surface area contributed by atoms with Crippen LogP contribution in [0.25, 0.3) is 4.96 Å². The summed E-state index contributed by atoms with van der Waals surface area (Å²) < 4.78 is 3.39. The second-order valence-corrected chi connectivity index (χ2v) is 8.15. The molecule has 26 heavy (non-hydrogen) atoms. The van der Waals surface area contributed by atoms with Crippen molar-refractivity contribution in [3.05, 3.63) is 44.6 Å². The van der Waals surface area contributed by atoms with E-state index in [2.05, 4.69) is 20.1 Å². The van der Waals surface area contributed by atoms with Gasteiger partial charge in [-0.1, -0.05) is 11.3 Å². The summed E-state index contributed by atoms with van der Waals surface area (Å²) >= 11 is 1.53. The lowest BCUT2D eigenvalue weighted by atomic mass is 10.2. The van der Waals surface area contributed by atoms with Gasteiger partial charge in [-0.15, -0.1) is 0 Å². The van der Waals surface area contributed by atoms with Crippen molar-refractivity contribution in [3.8, 4) is 0 Å². The molecule has 5 rings (SSSR count). The fourth-order valence-electron chi connectivity index (χ4n) is 3.36. The van der Waals surface area contributed by atoms with Crippen LogP contribution in [-0.2, 0) is 19.6 Å². The molecule has 4 heterocycles. The van der Waals surface area contributed by atoms with Crippen LogP contribution in [0.15, 0.2) is 16.9 Å². The Morgan fingerprint density at radius 1 is 1.31 bits per heavy atom. The molecule has 0 saturated heterocycles. The SMILES string of the molecule is CC(O)c1cc2n(n1)CCN(Cc1cc(=O)n3nc(C4CC4)sc3n1)C2. The lowest BCUT2D eigenvalue weighted by Gasteiger charge is -2.27. The molecule has 1 N–H and O–H groups in total. The third-order valence-electron chi connectivity index (χ3n) is 4.95. The van der Waals surface area contributed by atoms with Crippen LogP contribution in [0.5, 0.6) is 0 Å². The third kappa shape index (κ3) is 2.85. The van der Waals surface area contributed by atoms with Gasteiger partial charge in [0.1, 0.15) is 5.01 Å².